The number of nitrogens with zero attached hydrogens (tertiary/aromatic N) is 5. The van der Waals surface area contributed by atoms with Gasteiger partial charge in [-0.25, -0.2) is 4.68 Å². The Morgan fingerprint density at radius 3 is 2.77 bits per heavy atom. The van der Waals surface area contributed by atoms with Crippen LogP contribution in [-0.4, -0.2) is 70.9 Å². The Balaban J connectivity index is 1.46. The van der Waals surface area contributed by atoms with Gasteiger partial charge in [-0.1, -0.05) is 42.1 Å². The lowest BCUT2D eigenvalue weighted by Gasteiger charge is -2.51. The number of thioether (sulfide) groups is 2. The van der Waals surface area contributed by atoms with Crippen molar-refractivity contribution in [2.75, 3.05) is 11.5 Å². The number of aromatic nitrogens is 4. The van der Waals surface area contributed by atoms with Crippen LogP contribution >= 0.6 is 23.5 Å². The Bertz CT molecular complexity index is 1060. The largest absolute Gasteiger partial charge is 0.543 e. The maximum atomic E-state index is 12.7. The topological polar surface area (TPSA) is 153 Å². The van der Waals surface area contributed by atoms with E-state index in [4.69, 9.17) is 0 Å². The Morgan fingerprint density at radius 1 is 1.39 bits per heavy atom. The van der Waals surface area contributed by atoms with E-state index >= 15 is 0 Å². The molecule has 3 atom stereocenters. The highest BCUT2D eigenvalue weighted by Gasteiger charge is 2.53. The van der Waals surface area contributed by atoms with Gasteiger partial charge in [-0.15, -0.1) is 16.9 Å². The van der Waals surface area contributed by atoms with E-state index in [1.54, 1.807) is 37.4 Å². The van der Waals surface area contributed by atoms with Crippen molar-refractivity contribution < 1.29 is 24.6 Å². The average molecular weight is 462 g/mol. The molecule has 0 saturated carbocycles. The van der Waals surface area contributed by atoms with Crippen LogP contribution in [0.5, 0.6) is 0 Å². The number of aliphatic hydroxyl groups is 1. The molecule has 0 spiro atoms. The summed E-state index contributed by atoms with van der Waals surface area (Å²) in [6.07, 6.45) is -1.43. The Labute approximate surface area is 184 Å². The Hall–Kier alpha value is -2.90. The second-order valence-electron chi connectivity index (χ2n) is 6.82. The third-order valence-corrected chi connectivity index (χ3v) is 7.30. The highest BCUT2D eigenvalue weighted by molar-refractivity contribution is 8.01. The first-order valence-corrected chi connectivity index (χ1v) is 11.2. The number of carboxylic acids is 1. The van der Waals surface area contributed by atoms with Gasteiger partial charge in [0, 0.05) is 18.6 Å². The molecule has 1 fully saturated rings. The van der Waals surface area contributed by atoms with Gasteiger partial charge in [-0.2, -0.15) is 0 Å². The van der Waals surface area contributed by atoms with Crippen molar-refractivity contribution >= 4 is 41.3 Å². The first-order chi connectivity index (χ1) is 14.9. The lowest BCUT2D eigenvalue weighted by Crippen LogP contribution is -2.71. The lowest BCUT2D eigenvalue weighted by atomic mass is 10.0. The number of carbonyl (C=O) groups excluding carboxylic acids is 3. The summed E-state index contributed by atoms with van der Waals surface area (Å²) >= 11 is 2.58. The molecule has 2 aliphatic heterocycles. The summed E-state index contributed by atoms with van der Waals surface area (Å²) in [6.45, 7) is 0. The van der Waals surface area contributed by atoms with Crippen LogP contribution in [0.4, 0.5) is 0 Å². The fourth-order valence-corrected chi connectivity index (χ4v) is 5.63. The van der Waals surface area contributed by atoms with E-state index in [-0.39, 0.29) is 11.4 Å². The number of amides is 2. The smallest absolute Gasteiger partial charge is 0.254 e. The van der Waals surface area contributed by atoms with Crippen LogP contribution in [-0.2, 0) is 21.4 Å². The van der Waals surface area contributed by atoms with Gasteiger partial charge >= 0.3 is 0 Å². The van der Waals surface area contributed by atoms with E-state index in [2.05, 4.69) is 20.8 Å². The molecule has 1 aromatic carbocycles. The number of aliphatic hydroxyl groups excluding tert-OH is 1. The van der Waals surface area contributed by atoms with Crippen LogP contribution in [0.3, 0.4) is 0 Å². The first-order valence-electron chi connectivity index (χ1n) is 9.15. The van der Waals surface area contributed by atoms with Crippen LogP contribution in [0.15, 0.2) is 46.8 Å². The summed E-state index contributed by atoms with van der Waals surface area (Å²) in [5.41, 5.74) is 0.718. The summed E-state index contributed by atoms with van der Waals surface area (Å²) in [5.74, 6) is -2.14. The quantitative estimate of drug-likeness (QED) is 0.365. The number of aliphatic carboxylic acids is 1. The number of fused-ring (bicyclic) bond motifs is 1. The molecule has 2 aliphatic rings. The zero-order chi connectivity index (χ0) is 22.1. The van der Waals surface area contributed by atoms with Crippen LogP contribution in [0.1, 0.15) is 11.7 Å². The predicted molar refractivity (Wildman–Crippen MR) is 108 cm³/mol. The molecule has 13 heteroatoms. The van der Waals surface area contributed by atoms with Gasteiger partial charge in [0.25, 0.3) is 11.8 Å². The number of carboxylic acid groups (broad SMARTS) is 1. The summed E-state index contributed by atoms with van der Waals surface area (Å²) in [4.78, 5) is 38.0. The standard InChI is InChI=1S/C18H18N6O5S2/c1-23-18(20-21-22-23)31-8-10-7-30-16-11(15(27)24(16)12(10)17(28)29)19-14(26)13(25)9-5-3-2-4-6-9/h2-6,11,13,16,25H,7-8H2,1H3,(H,19,26)(H,28,29)/p-1/t11?,13-,16?/m0/s1. The summed E-state index contributed by atoms with van der Waals surface area (Å²) < 4.78 is 1.46. The zero-order valence-electron chi connectivity index (χ0n) is 16.2. The molecule has 2 amide bonds. The third-order valence-electron chi connectivity index (χ3n) is 4.86. The fourth-order valence-electron chi connectivity index (χ4n) is 3.30. The maximum absolute atomic E-state index is 12.7. The second kappa shape index (κ2) is 8.69. The number of benzene rings is 1. The predicted octanol–water partition coefficient (Wildman–Crippen LogP) is -1.56. The number of hydrogen-bond acceptors (Lipinski definition) is 10. The van der Waals surface area contributed by atoms with Gasteiger partial charge < -0.3 is 20.3 Å². The molecule has 0 aliphatic carbocycles. The van der Waals surface area contributed by atoms with Crippen LogP contribution < -0.4 is 10.4 Å². The molecule has 2 N–H and O–H groups in total. The van der Waals surface area contributed by atoms with Crippen molar-refractivity contribution in [1.82, 2.24) is 30.4 Å². The van der Waals surface area contributed by atoms with Gasteiger partial charge in [-0.05, 0) is 21.6 Å². The van der Waals surface area contributed by atoms with E-state index in [0.29, 0.717) is 22.0 Å². The number of β-lactam (4-membered cyclic amide) rings is 1. The van der Waals surface area contributed by atoms with Gasteiger partial charge in [-0.3, -0.25) is 14.5 Å². The van der Waals surface area contributed by atoms with Gasteiger partial charge in [0.2, 0.25) is 5.16 Å². The van der Waals surface area contributed by atoms with Crippen molar-refractivity contribution in [2.45, 2.75) is 22.7 Å². The average Bonchev–Trinajstić information content (AvgIpc) is 3.19. The van der Waals surface area contributed by atoms with E-state index < -0.39 is 35.3 Å². The van der Waals surface area contributed by atoms with Crippen molar-refractivity contribution in [1.29, 1.82) is 0 Å². The molecule has 162 valence electrons. The maximum Gasteiger partial charge on any atom is 0.254 e. The fraction of sp³-hybridized carbons (Fsp3) is 0.333. The highest BCUT2D eigenvalue weighted by atomic mass is 32.2. The molecule has 0 radical (unpaired) electrons. The lowest BCUT2D eigenvalue weighted by molar-refractivity contribution is -0.301. The molecule has 2 unspecified atom stereocenters. The summed E-state index contributed by atoms with van der Waals surface area (Å²) in [7, 11) is 1.66. The van der Waals surface area contributed by atoms with Crippen molar-refractivity contribution in [2.24, 2.45) is 7.05 Å². The van der Waals surface area contributed by atoms with Crippen molar-refractivity contribution in [3.05, 3.63) is 47.2 Å². The third kappa shape index (κ3) is 4.03. The van der Waals surface area contributed by atoms with E-state index in [9.17, 15) is 24.6 Å². The van der Waals surface area contributed by atoms with E-state index in [1.807, 2.05) is 0 Å². The number of carbonyl (C=O) groups is 3. The molecule has 4 rings (SSSR count). The Morgan fingerprint density at radius 2 is 2.13 bits per heavy atom. The summed E-state index contributed by atoms with van der Waals surface area (Å²) in [5, 5.41) is 35.6. The molecule has 3 heterocycles. The normalized spacial score (nSPS) is 21.4. The van der Waals surface area contributed by atoms with Crippen LogP contribution in [0.2, 0.25) is 0 Å². The second-order valence-corrected chi connectivity index (χ2v) is 8.87. The number of hydrogen-bond donors (Lipinski definition) is 2. The molecule has 1 saturated heterocycles. The van der Waals surface area contributed by atoms with Crippen molar-refractivity contribution in [3.8, 4) is 0 Å². The van der Waals surface area contributed by atoms with E-state index in [1.165, 1.54) is 28.2 Å². The number of rotatable bonds is 7. The number of nitrogens with one attached hydrogen (secondary N) is 1. The minimum Gasteiger partial charge on any atom is -0.543 e. The minimum absolute atomic E-state index is 0.189. The van der Waals surface area contributed by atoms with Crippen LogP contribution in [0, 0.1) is 0 Å². The minimum atomic E-state index is -1.46. The van der Waals surface area contributed by atoms with Crippen LogP contribution in [0.25, 0.3) is 0 Å². The molecule has 1 aromatic heterocycles. The van der Waals surface area contributed by atoms with Gasteiger partial charge in [0.15, 0.2) is 6.10 Å². The summed E-state index contributed by atoms with van der Waals surface area (Å²) in [6, 6.07) is 7.40. The number of aryl methyl sites for hydroxylation is 1. The van der Waals surface area contributed by atoms with Crippen molar-refractivity contribution in [3.63, 3.8) is 0 Å². The van der Waals surface area contributed by atoms with E-state index in [0.717, 1.165) is 4.90 Å². The first kappa shape index (κ1) is 21.3. The SMILES string of the molecule is Cn1nnnc1SCC1=C(C(=O)[O-])N2C(=O)C(NC(=O)[C@@H](O)c3ccccc3)C2SC1. The highest BCUT2D eigenvalue weighted by Crippen LogP contribution is 2.41. The number of tetrazole rings is 1. The Kier molecular flexibility index (Phi) is 5.98. The monoisotopic (exact) mass is 461 g/mol. The van der Waals surface area contributed by atoms with Gasteiger partial charge in [0.05, 0.1) is 11.7 Å². The molecular formula is C18H17N6O5S2-. The molecule has 0 bridgehead atoms. The molecule has 2 aromatic rings. The molecule has 31 heavy (non-hydrogen) atoms. The molecule has 11 nitrogen and oxygen atoms in total. The zero-order valence-corrected chi connectivity index (χ0v) is 17.8. The molecular weight excluding hydrogens is 444 g/mol. The van der Waals surface area contributed by atoms with Gasteiger partial charge in [0.1, 0.15) is 11.4 Å².